The van der Waals surface area contributed by atoms with Gasteiger partial charge in [-0.15, -0.1) is 0 Å². The molecule has 0 aliphatic carbocycles. The highest BCUT2D eigenvalue weighted by Crippen LogP contribution is 2.25. The van der Waals surface area contributed by atoms with Crippen LogP contribution in [0.1, 0.15) is 6.92 Å². The molecular formula is C13H16FN3O3. The second kappa shape index (κ2) is 6.33. The highest BCUT2D eigenvalue weighted by atomic mass is 19.1. The number of hydrogen-bond donors (Lipinski definition) is 3. The van der Waals surface area contributed by atoms with Crippen molar-refractivity contribution in [3.05, 3.63) is 24.0 Å². The Labute approximate surface area is 115 Å². The largest absolute Gasteiger partial charge is 0.492 e. The number of carbonyl (C=O) groups excluding carboxylic acids is 2. The molecule has 0 radical (unpaired) electrons. The maximum absolute atomic E-state index is 13.2. The normalized spacial score (nSPS) is 18.3. The molecule has 20 heavy (non-hydrogen) atoms. The van der Waals surface area contributed by atoms with Crippen LogP contribution in [-0.2, 0) is 9.59 Å². The van der Waals surface area contributed by atoms with Crippen LogP contribution in [0.3, 0.4) is 0 Å². The number of piperazine rings is 1. The summed E-state index contributed by atoms with van der Waals surface area (Å²) in [5, 5.41) is 8.07. The molecule has 2 amide bonds. The standard InChI is InChI=1S/C13H16FN3O3/c1-2-20-11-5-8(14)3-4-9(11)17-13(19)10-6-16-12(18)7-15-10/h3-5,10,15H,2,6-7H2,1H3,(H,16,18)(H,17,19). The van der Waals surface area contributed by atoms with Gasteiger partial charge in [-0.2, -0.15) is 0 Å². The number of nitrogens with one attached hydrogen (secondary N) is 3. The zero-order valence-electron chi connectivity index (χ0n) is 11.0. The van der Waals surface area contributed by atoms with Gasteiger partial charge in [0.15, 0.2) is 0 Å². The number of carbonyl (C=O) groups is 2. The van der Waals surface area contributed by atoms with Crippen LogP contribution in [0.15, 0.2) is 18.2 Å². The zero-order valence-corrected chi connectivity index (χ0v) is 11.0. The lowest BCUT2D eigenvalue weighted by Gasteiger charge is -2.23. The van der Waals surface area contributed by atoms with Crippen LogP contribution in [-0.4, -0.2) is 37.6 Å². The van der Waals surface area contributed by atoms with E-state index in [4.69, 9.17) is 4.74 Å². The van der Waals surface area contributed by atoms with Crippen LogP contribution in [0.2, 0.25) is 0 Å². The molecule has 0 bridgehead atoms. The topological polar surface area (TPSA) is 79.5 Å². The summed E-state index contributed by atoms with van der Waals surface area (Å²) in [6, 6.07) is 3.38. The van der Waals surface area contributed by atoms with E-state index < -0.39 is 11.9 Å². The summed E-state index contributed by atoms with van der Waals surface area (Å²) in [5.41, 5.74) is 0.400. The summed E-state index contributed by atoms with van der Waals surface area (Å²) in [7, 11) is 0. The lowest BCUT2D eigenvalue weighted by molar-refractivity contribution is -0.124. The Hall–Kier alpha value is -2.15. The fourth-order valence-corrected chi connectivity index (χ4v) is 1.85. The van der Waals surface area contributed by atoms with E-state index in [1.165, 1.54) is 18.2 Å². The molecule has 2 rings (SSSR count). The minimum absolute atomic E-state index is 0.0970. The Bertz CT molecular complexity index is 512. The number of halogens is 1. The predicted octanol–water partition coefficient (Wildman–Crippen LogP) is 0.251. The molecule has 1 aliphatic rings. The summed E-state index contributed by atoms with van der Waals surface area (Å²) in [6.45, 7) is 2.45. The molecule has 1 fully saturated rings. The van der Waals surface area contributed by atoms with Crippen LogP contribution in [0.5, 0.6) is 5.75 Å². The van der Waals surface area contributed by atoms with Gasteiger partial charge in [0.2, 0.25) is 11.8 Å². The minimum atomic E-state index is -0.521. The lowest BCUT2D eigenvalue weighted by Crippen LogP contribution is -2.56. The summed E-state index contributed by atoms with van der Waals surface area (Å²) in [5.74, 6) is -0.612. The first-order valence-electron chi connectivity index (χ1n) is 6.33. The van der Waals surface area contributed by atoms with E-state index in [0.717, 1.165) is 0 Å². The molecule has 0 spiro atoms. The van der Waals surface area contributed by atoms with Gasteiger partial charge in [0.25, 0.3) is 0 Å². The predicted molar refractivity (Wildman–Crippen MR) is 71.0 cm³/mol. The first-order chi connectivity index (χ1) is 9.60. The number of benzene rings is 1. The van der Waals surface area contributed by atoms with Crippen molar-refractivity contribution in [2.75, 3.05) is 25.0 Å². The van der Waals surface area contributed by atoms with Crippen LogP contribution in [0.25, 0.3) is 0 Å². The SMILES string of the molecule is CCOc1cc(F)ccc1NC(=O)C1CNC(=O)CN1. The maximum atomic E-state index is 13.2. The fourth-order valence-electron chi connectivity index (χ4n) is 1.85. The molecule has 7 heteroatoms. The third-order valence-corrected chi connectivity index (χ3v) is 2.83. The molecular weight excluding hydrogens is 265 g/mol. The molecule has 1 aliphatic heterocycles. The van der Waals surface area contributed by atoms with Crippen molar-refractivity contribution in [1.29, 1.82) is 0 Å². The van der Waals surface area contributed by atoms with Crippen molar-refractivity contribution in [2.24, 2.45) is 0 Å². The Kier molecular flexibility index (Phi) is 4.52. The van der Waals surface area contributed by atoms with Crippen LogP contribution in [0, 0.1) is 5.82 Å². The number of ether oxygens (including phenoxy) is 1. The average molecular weight is 281 g/mol. The first-order valence-corrected chi connectivity index (χ1v) is 6.33. The van der Waals surface area contributed by atoms with Crippen LogP contribution < -0.4 is 20.7 Å². The number of anilines is 1. The third-order valence-electron chi connectivity index (χ3n) is 2.83. The lowest BCUT2D eigenvalue weighted by atomic mass is 10.2. The van der Waals surface area contributed by atoms with E-state index in [2.05, 4.69) is 16.0 Å². The van der Waals surface area contributed by atoms with Gasteiger partial charge in [-0.3, -0.25) is 14.9 Å². The van der Waals surface area contributed by atoms with Gasteiger partial charge in [-0.25, -0.2) is 4.39 Å². The average Bonchev–Trinajstić information content (AvgIpc) is 2.43. The molecule has 6 nitrogen and oxygen atoms in total. The van der Waals surface area contributed by atoms with E-state index in [0.29, 0.717) is 12.3 Å². The van der Waals surface area contributed by atoms with Crippen molar-refractivity contribution < 1.29 is 18.7 Å². The Morgan fingerprint density at radius 2 is 2.35 bits per heavy atom. The van der Waals surface area contributed by atoms with Crippen molar-refractivity contribution in [3.63, 3.8) is 0 Å². The quantitative estimate of drug-likeness (QED) is 0.739. The van der Waals surface area contributed by atoms with Crippen LogP contribution in [0.4, 0.5) is 10.1 Å². The van der Waals surface area contributed by atoms with Crippen molar-refractivity contribution in [3.8, 4) is 5.75 Å². The molecule has 1 aromatic carbocycles. The molecule has 1 unspecified atom stereocenters. The van der Waals surface area contributed by atoms with E-state index in [1.54, 1.807) is 6.92 Å². The molecule has 1 heterocycles. The van der Waals surface area contributed by atoms with Gasteiger partial charge in [-0.1, -0.05) is 0 Å². The second-order valence-corrected chi connectivity index (χ2v) is 4.30. The number of hydrogen-bond acceptors (Lipinski definition) is 4. The summed E-state index contributed by atoms with van der Waals surface area (Å²) in [4.78, 5) is 23.0. The maximum Gasteiger partial charge on any atom is 0.243 e. The van der Waals surface area contributed by atoms with Crippen molar-refractivity contribution in [1.82, 2.24) is 10.6 Å². The molecule has 0 aromatic heterocycles. The molecule has 3 N–H and O–H groups in total. The summed E-state index contributed by atoms with van der Waals surface area (Å²) in [6.07, 6.45) is 0. The minimum Gasteiger partial charge on any atom is -0.492 e. The summed E-state index contributed by atoms with van der Waals surface area (Å²) < 4.78 is 18.4. The highest BCUT2D eigenvalue weighted by Gasteiger charge is 2.24. The molecule has 1 aromatic rings. The van der Waals surface area contributed by atoms with Gasteiger partial charge in [0, 0.05) is 12.6 Å². The Morgan fingerprint density at radius 1 is 1.55 bits per heavy atom. The molecule has 1 saturated heterocycles. The second-order valence-electron chi connectivity index (χ2n) is 4.30. The Balaban J connectivity index is 2.05. The van der Waals surface area contributed by atoms with E-state index in [1.807, 2.05) is 0 Å². The van der Waals surface area contributed by atoms with E-state index in [9.17, 15) is 14.0 Å². The monoisotopic (exact) mass is 281 g/mol. The van der Waals surface area contributed by atoms with Crippen molar-refractivity contribution >= 4 is 17.5 Å². The summed E-state index contributed by atoms with van der Waals surface area (Å²) >= 11 is 0. The fraction of sp³-hybridized carbons (Fsp3) is 0.385. The molecule has 108 valence electrons. The van der Waals surface area contributed by atoms with Gasteiger partial charge in [0.1, 0.15) is 17.6 Å². The van der Waals surface area contributed by atoms with Gasteiger partial charge < -0.3 is 15.4 Å². The third kappa shape index (κ3) is 3.45. The molecule has 1 atom stereocenters. The zero-order chi connectivity index (χ0) is 14.5. The highest BCUT2D eigenvalue weighted by molar-refractivity contribution is 5.97. The van der Waals surface area contributed by atoms with Gasteiger partial charge in [-0.05, 0) is 19.1 Å². The van der Waals surface area contributed by atoms with Gasteiger partial charge >= 0.3 is 0 Å². The van der Waals surface area contributed by atoms with E-state index >= 15 is 0 Å². The van der Waals surface area contributed by atoms with Gasteiger partial charge in [0.05, 0.1) is 18.8 Å². The smallest absolute Gasteiger partial charge is 0.243 e. The number of rotatable bonds is 4. The number of amides is 2. The Morgan fingerprint density at radius 3 is 3.00 bits per heavy atom. The van der Waals surface area contributed by atoms with Crippen molar-refractivity contribution in [2.45, 2.75) is 13.0 Å². The van der Waals surface area contributed by atoms with Crippen LogP contribution >= 0.6 is 0 Å². The van der Waals surface area contributed by atoms with E-state index in [-0.39, 0.29) is 30.7 Å². The molecule has 0 saturated carbocycles. The first kappa shape index (κ1) is 14.3.